The number of hydrogen-bond acceptors (Lipinski definition) is 5. The number of aromatic nitrogens is 4. The summed E-state index contributed by atoms with van der Waals surface area (Å²) in [6, 6.07) is 8.77. The van der Waals surface area contributed by atoms with Crippen molar-refractivity contribution in [3.63, 3.8) is 0 Å². The van der Waals surface area contributed by atoms with E-state index in [0.29, 0.717) is 10.6 Å². The number of benzene rings is 1. The molecule has 0 spiro atoms. The summed E-state index contributed by atoms with van der Waals surface area (Å²) in [6.07, 6.45) is 2.87. The second kappa shape index (κ2) is 5.10. The van der Waals surface area contributed by atoms with Gasteiger partial charge in [0.1, 0.15) is 5.69 Å². The minimum atomic E-state index is -0.317. The molecule has 0 N–H and O–H groups in total. The van der Waals surface area contributed by atoms with Crippen molar-refractivity contribution in [2.24, 2.45) is 0 Å². The van der Waals surface area contributed by atoms with Gasteiger partial charge in [-0.15, -0.1) is 5.10 Å². The third-order valence-electron chi connectivity index (χ3n) is 3.75. The monoisotopic (exact) mass is 324 g/mol. The molecule has 1 aromatic carbocycles. The molecule has 0 atom stereocenters. The first-order chi connectivity index (χ1) is 11.2. The predicted molar refractivity (Wildman–Crippen MR) is 81.7 cm³/mol. The Kier molecular flexibility index (Phi) is 3.06. The molecule has 112 valence electrons. The molecule has 2 aromatic heterocycles. The van der Waals surface area contributed by atoms with Crippen LogP contribution in [-0.2, 0) is 6.54 Å². The van der Waals surface area contributed by atoms with E-state index in [1.165, 1.54) is 23.1 Å². The molecule has 7 heteroatoms. The highest BCUT2D eigenvalue weighted by Gasteiger charge is 2.35. The average Bonchev–Trinajstić information content (AvgIpc) is 2.99. The van der Waals surface area contributed by atoms with Gasteiger partial charge in [0.15, 0.2) is 5.69 Å². The van der Waals surface area contributed by atoms with Crippen LogP contribution in [0, 0.1) is 0 Å². The fourth-order valence-corrected chi connectivity index (χ4v) is 2.81. The van der Waals surface area contributed by atoms with Crippen molar-refractivity contribution in [3.05, 3.63) is 75.8 Å². The molecule has 0 unspecified atom stereocenters. The van der Waals surface area contributed by atoms with Gasteiger partial charge in [0.05, 0.1) is 12.1 Å². The van der Waals surface area contributed by atoms with Crippen molar-refractivity contribution in [1.29, 1.82) is 0 Å². The minimum absolute atomic E-state index is 0.0701. The van der Waals surface area contributed by atoms with E-state index in [4.69, 9.17) is 11.6 Å². The van der Waals surface area contributed by atoms with E-state index in [-0.39, 0.29) is 35.1 Å². The molecule has 23 heavy (non-hydrogen) atoms. The lowest BCUT2D eigenvalue weighted by Gasteiger charge is -2.14. The maximum absolute atomic E-state index is 12.7. The number of rotatable bonds is 2. The maximum Gasteiger partial charge on any atom is 0.216 e. The summed E-state index contributed by atoms with van der Waals surface area (Å²) in [7, 11) is 0. The summed E-state index contributed by atoms with van der Waals surface area (Å²) in [5, 5.41) is 8.42. The zero-order chi connectivity index (χ0) is 16.0. The summed E-state index contributed by atoms with van der Waals surface area (Å²) >= 11 is 6.15. The lowest BCUT2D eigenvalue weighted by molar-refractivity contribution is 0.0970. The number of hydrogen-bond donors (Lipinski definition) is 0. The van der Waals surface area contributed by atoms with Crippen LogP contribution in [0.4, 0.5) is 0 Å². The Hall–Kier alpha value is -2.86. The Morgan fingerprint density at radius 3 is 2.70 bits per heavy atom. The number of fused-ring (bicyclic) bond motifs is 2. The Balaban J connectivity index is 1.83. The third kappa shape index (κ3) is 2.07. The largest absolute Gasteiger partial charge is 0.287 e. The van der Waals surface area contributed by atoms with Crippen LogP contribution in [0.15, 0.2) is 42.7 Å². The SMILES string of the molecule is O=C1c2ccncc2C(=O)c2c1nnn2Cc1ccccc1Cl. The van der Waals surface area contributed by atoms with E-state index in [2.05, 4.69) is 15.3 Å². The zero-order valence-corrected chi connectivity index (χ0v) is 12.5. The van der Waals surface area contributed by atoms with Gasteiger partial charge >= 0.3 is 0 Å². The van der Waals surface area contributed by atoms with Crippen LogP contribution in [0.2, 0.25) is 5.02 Å². The summed E-state index contributed by atoms with van der Waals surface area (Å²) in [5.74, 6) is -0.623. The molecule has 0 fully saturated rings. The Morgan fingerprint density at radius 1 is 1.04 bits per heavy atom. The molecular weight excluding hydrogens is 316 g/mol. The number of nitrogens with zero attached hydrogens (tertiary/aromatic N) is 4. The van der Waals surface area contributed by atoms with Gasteiger partial charge in [-0.3, -0.25) is 14.6 Å². The van der Waals surface area contributed by atoms with Crippen molar-refractivity contribution in [2.45, 2.75) is 6.54 Å². The summed E-state index contributed by atoms with van der Waals surface area (Å²) in [4.78, 5) is 29.1. The molecule has 6 nitrogen and oxygen atoms in total. The fourth-order valence-electron chi connectivity index (χ4n) is 2.62. The quantitative estimate of drug-likeness (QED) is 0.564. The van der Waals surface area contributed by atoms with Crippen LogP contribution in [-0.4, -0.2) is 31.5 Å². The Labute approximate surface area is 135 Å². The van der Waals surface area contributed by atoms with Crippen LogP contribution in [0.1, 0.15) is 37.7 Å². The average molecular weight is 325 g/mol. The van der Waals surface area contributed by atoms with Crippen LogP contribution in [0.3, 0.4) is 0 Å². The van der Waals surface area contributed by atoms with Crippen molar-refractivity contribution in [3.8, 4) is 0 Å². The molecule has 0 radical (unpaired) electrons. The van der Waals surface area contributed by atoms with E-state index < -0.39 is 0 Å². The molecule has 0 amide bonds. The van der Waals surface area contributed by atoms with Gasteiger partial charge in [-0.25, -0.2) is 4.68 Å². The first-order valence-electron chi connectivity index (χ1n) is 6.87. The van der Waals surface area contributed by atoms with Crippen molar-refractivity contribution in [2.75, 3.05) is 0 Å². The molecule has 0 bridgehead atoms. The molecule has 1 aliphatic carbocycles. The molecule has 0 aliphatic heterocycles. The highest BCUT2D eigenvalue weighted by molar-refractivity contribution is 6.31. The summed E-state index contributed by atoms with van der Waals surface area (Å²) in [6.45, 7) is 0.261. The van der Waals surface area contributed by atoms with E-state index >= 15 is 0 Å². The number of pyridine rings is 1. The molecule has 1 aliphatic rings. The smallest absolute Gasteiger partial charge is 0.216 e. The van der Waals surface area contributed by atoms with Crippen LogP contribution >= 0.6 is 11.6 Å². The van der Waals surface area contributed by atoms with E-state index in [1.54, 1.807) is 6.07 Å². The first kappa shape index (κ1) is 13.8. The van der Waals surface area contributed by atoms with Gasteiger partial charge < -0.3 is 0 Å². The standard InChI is InChI=1S/C16H9ClN4O2/c17-12-4-2-1-3-9(12)8-21-14-13(19-20-21)15(22)10-5-6-18-7-11(10)16(14)23/h1-7H,8H2. The van der Waals surface area contributed by atoms with Crippen LogP contribution in [0.5, 0.6) is 0 Å². The minimum Gasteiger partial charge on any atom is -0.287 e. The van der Waals surface area contributed by atoms with Crippen LogP contribution < -0.4 is 0 Å². The second-order valence-electron chi connectivity index (χ2n) is 5.12. The van der Waals surface area contributed by atoms with Crippen molar-refractivity contribution in [1.82, 2.24) is 20.0 Å². The highest BCUT2D eigenvalue weighted by atomic mass is 35.5. The zero-order valence-electron chi connectivity index (χ0n) is 11.7. The van der Waals surface area contributed by atoms with Gasteiger partial charge in [0.25, 0.3) is 0 Å². The third-order valence-corrected chi connectivity index (χ3v) is 4.12. The van der Waals surface area contributed by atoms with E-state index in [1.807, 2.05) is 18.2 Å². The highest BCUT2D eigenvalue weighted by Crippen LogP contribution is 2.26. The Morgan fingerprint density at radius 2 is 1.87 bits per heavy atom. The topological polar surface area (TPSA) is 77.7 Å². The van der Waals surface area contributed by atoms with Crippen molar-refractivity contribution >= 4 is 23.2 Å². The van der Waals surface area contributed by atoms with Gasteiger partial charge in [-0.05, 0) is 17.7 Å². The van der Waals surface area contributed by atoms with Crippen LogP contribution in [0.25, 0.3) is 0 Å². The van der Waals surface area contributed by atoms with Gasteiger partial charge in [-0.1, -0.05) is 35.0 Å². The summed E-state index contributed by atoms with van der Waals surface area (Å²) < 4.78 is 1.41. The number of ketones is 2. The molecule has 0 saturated heterocycles. The van der Waals surface area contributed by atoms with E-state index in [0.717, 1.165) is 5.56 Å². The van der Waals surface area contributed by atoms with Crippen molar-refractivity contribution < 1.29 is 9.59 Å². The lowest BCUT2D eigenvalue weighted by Crippen LogP contribution is -2.24. The summed E-state index contributed by atoms with van der Waals surface area (Å²) in [5.41, 5.74) is 1.62. The van der Waals surface area contributed by atoms with Gasteiger partial charge in [0, 0.05) is 23.0 Å². The number of carbonyl (C=O) groups is 2. The second-order valence-corrected chi connectivity index (χ2v) is 5.52. The molecule has 0 saturated carbocycles. The lowest BCUT2D eigenvalue weighted by atomic mass is 9.91. The number of halogens is 1. The maximum atomic E-state index is 12.7. The first-order valence-corrected chi connectivity index (χ1v) is 7.25. The fraction of sp³-hybridized carbons (Fsp3) is 0.0625. The predicted octanol–water partition coefficient (Wildman–Crippen LogP) is 2.15. The van der Waals surface area contributed by atoms with Gasteiger partial charge in [0.2, 0.25) is 11.6 Å². The van der Waals surface area contributed by atoms with Gasteiger partial charge in [-0.2, -0.15) is 0 Å². The molecular formula is C16H9ClN4O2. The Bertz CT molecular complexity index is 964. The number of carbonyl (C=O) groups excluding carboxylic acids is 2. The molecule has 3 aromatic rings. The molecule has 2 heterocycles. The van der Waals surface area contributed by atoms with E-state index in [9.17, 15) is 9.59 Å². The molecule has 4 rings (SSSR count). The normalized spacial score (nSPS) is 12.9.